The van der Waals surface area contributed by atoms with Gasteiger partial charge in [-0.25, -0.2) is 4.98 Å². The molecule has 0 spiro atoms. The number of aryl methyl sites for hydroxylation is 4. The van der Waals surface area contributed by atoms with Gasteiger partial charge in [0, 0.05) is 10.3 Å². The molecule has 3 aromatic rings. The Morgan fingerprint density at radius 1 is 1.22 bits per heavy atom. The molecule has 0 atom stereocenters. The maximum Gasteiger partial charge on any atom is 0.259 e. The van der Waals surface area contributed by atoms with Crippen molar-refractivity contribution < 1.29 is 4.79 Å². The number of nitrogens with one attached hydrogen (secondary N) is 1. The number of thiazole rings is 1. The van der Waals surface area contributed by atoms with E-state index in [-0.39, 0.29) is 5.91 Å². The van der Waals surface area contributed by atoms with Crippen molar-refractivity contribution in [2.24, 2.45) is 0 Å². The van der Waals surface area contributed by atoms with Crippen molar-refractivity contribution in [1.29, 1.82) is 0 Å². The molecule has 118 valence electrons. The quantitative estimate of drug-likeness (QED) is 0.775. The number of hydrogen-bond donors (Lipinski definition) is 1. The first-order valence-electron chi connectivity index (χ1n) is 7.64. The first-order chi connectivity index (χ1) is 11.0. The van der Waals surface area contributed by atoms with E-state index in [0.717, 1.165) is 39.2 Å². The number of anilines is 1. The highest BCUT2D eigenvalue weighted by atomic mass is 32.1. The Morgan fingerprint density at radius 3 is 2.70 bits per heavy atom. The van der Waals surface area contributed by atoms with Crippen molar-refractivity contribution in [3.8, 4) is 0 Å². The van der Waals surface area contributed by atoms with Crippen LogP contribution >= 0.6 is 11.3 Å². The highest BCUT2D eigenvalue weighted by molar-refractivity contribution is 7.15. The molecule has 2 aromatic heterocycles. The number of carbonyl (C=O) groups excluding carboxylic acids is 1. The third kappa shape index (κ3) is 2.97. The Bertz CT molecular complexity index is 899. The lowest BCUT2D eigenvalue weighted by Crippen LogP contribution is -2.14. The monoisotopic (exact) mass is 325 g/mol. The number of rotatable bonds is 3. The summed E-state index contributed by atoms with van der Waals surface area (Å²) < 4.78 is 0. The molecule has 2 heterocycles. The third-order valence-corrected chi connectivity index (χ3v) is 4.86. The van der Waals surface area contributed by atoms with Crippen molar-refractivity contribution in [2.75, 3.05) is 5.32 Å². The fourth-order valence-electron chi connectivity index (χ4n) is 2.64. The minimum atomic E-state index is -0.158. The zero-order valence-electron chi connectivity index (χ0n) is 13.7. The van der Waals surface area contributed by atoms with Gasteiger partial charge in [0.15, 0.2) is 5.13 Å². The van der Waals surface area contributed by atoms with Crippen LogP contribution in [0.15, 0.2) is 24.3 Å². The van der Waals surface area contributed by atoms with E-state index in [1.807, 2.05) is 45.0 Å². The number of hydrogen-bond acceptors (Lipinski definition) is 4. The zero-order chi connectivity index (χ0) is 16.6. The van der Waals surface area contributed by atoms with E-state index in [9.17, 15) is 4.79 Å². The van der Waals surface area contributed by atoms with Gasteiger partial charge in [0.25, 0.3) is 5.91 Å². The minimum Gasteiger partial charge on any atom is -0.298 e. The fourth-order valence-corrected chi connectivity index (χ4v) is 3.54. The fraction of sp³-hybridized carbons (Fsp3) is 0.278. The molecule has 5 heteroatoms. The summed E-state index contributed by atoms with van der Waals surface area (Å²) in [5.74, 6) is -0.158. The van der Waals surface area contributed by atoms with Crippen molar-refractivity contribution in [1.82, 2.24) is 9.97 Å². The van der Waals surface area contributed by atoms with Gasteiger partial charge in [0.05, 0.1) is 22.5 Å². The maximum absolute atomic E-state index is 12.6. The largest absolute Gasteiger partial charge is 0.298 e. The van der Waals surface area contributed by atoms with Gasteiger partial charge in [-0.3, -0.25) is 15.1 Å². The number of benzene rings is 1. The molecular formula is C18H19N3OS. The summed E-state index contributed by atoms with van der Waals surface area (Å²) in [6.07, 6.45) is 0.869. The van der Waals surface area contributed by atoms with Crippen LogP contribution in [-0.2, 0) is 6.42 Å². The third-order valence-electron chi connectivity index (χ3n) is 3.93. The van der Waals surface area contributed by atoms with Crippen molar-refractivity contribution in [3.05, 3.63) is 51.7 Å². The van der Waals surface area contributed by atoms with Gasteiger partial charge in [0.2, 0.25) is 0 Å². The minimum absolute atomic E-state index is 0.158. The second kappa shape index (κ2) is 6.08. The molecule has 0 aliphatic carbocycles. The van der Waals surface area contributed by atoms with Gasteiger partial charge >= 0.3 is 0 Å². The molecule has 0 aliphatic rings. The molecule has 0 radical (unpaired) electrons. The lowest BCUT2D eigenvalue weighted by molar-refractivity contribution is 0.102. The number of para-hydroxylation sites is 1. The van der Waals surface area contributed by atoms with Gasteiger partial charge in [-0.15, -0.1) is 11.3 Å². The maximum atomic E-state index is 12.6. The standard InChI is InChI=1S/C18H19N3OS/c1-5-15-12(4)23-18(20-15)21-17(22)14-9-13-8-6-7-10(2)16(13)19-11(14)3/h6-9H,5H2,1-4H3,(H,20,21,22). The van der Waals surface area contributed by atoms with E-state index >= 15 is 0 Å². The Balaban J connectivity index is 1.95. The molecule has 0 fully saturated rings. The Hall–Kier alpha value is -2.27. The SMILES string of the molecule is CCc1nc(NC(=O)c2cc3cccc(C)c3nc2C)sc1C. The first kappa shape index (κ1) is 15.6. The highest BCUT2D eigenvalue weighted by Crippen LogP contribution is 2.24. The molecule has 0 saturated heterocycles. The summed E-state index contributed by atoms with van der Waals surface area (Å²) >= 11 is 1.51. The Labute approximate surface area is 139 Å². The molecule has 1 N–H and O–H groups in total. The predicted octanol–water partition coefficient (Wildman–Crippen LogP) is 4.43. The van der Waals surface area contributed by atoms with Gasteiger partial charge < -0.3 is 0 Å². The number of aromatic nitrogens is 2. The molecule has 1 amide bonds. The van der Waals surface area contributed by atoms with Gasteiger partial charge in [-0.1, -0.05) is 25.1 Å². The van der Waals surface area contributed by atoms with E-state index < -0.39 is 0 Å². The lowest BCUT2D eigenvalue weighted by Gasteiger charge is -2.08. The molecule has 3 rings (SSSR count). The van der Waals surface area contributed by atoms with Crippen LogP contribution < -0.4 is 5.32 Å². The van der Waals surface area contributed by atoms with Crippen LogP contribution in [0.4, 0.5) is 5.13 Å². The van der Waals surface area contributed by atoms with Crippen molar-refractivity contribution >= 4 is 33.3 Å². The Morgan fingerprint density at radius 2 is 2.00 bits per heavy atom. The number of fused-ring (bicyclic) bond motifs is 1. The van der Waals surface area contributed by atoms with Crippen molar-refractivity contribution in [3.63, 3.8) is 0 Å². The van der Waals surface area contributed by atoms with Crippen LogP contribution in [0.2, 0.25) is 0 Å². The van der Waals surface area contributed by atoms with Gasteiger partial charge in [-0.2, -0.15) is 0 Å². The van der Waals surface area contributed by atoms with Gasteiger partial charge in [0.1, 0.15) is 0 Å². The van der Waals surface area contributed by atoms with Crippen LogP contribution in [0.1, 0.15) is 39.1 Å². The predicted molar refractivity (Wildman–Crippen MR) is 95.4 cm³/mol. The molecule has 4 nitrogen and oxygen atoms in total. The average molecular weight is 325 g/mol. The number of amides is 1. The van der Waals surface area contributed by atoms with Crippen LogP contribution in [0.3, 0.4) is 0 Å². The summed E-state index contributed by atoms with van der Waals surface area (Å²) in [7, 11) is 0. The van der Waals surface area contributed by atoms with E-state index in [0.29, 0.717) is 10.7 Å². The number of nitrogens with zero attached hydrogens (tertiary/aromatic N) is 2. The molecule has 0 saturated carbocycles. The second-order valence-corrected chi connectivity index (χ2v) is 6.80. The van der Waals surface area contributed by atoms with E-state index in [4.69, 9.17) is 0 Å². The van der Waals surface area contributed by atoms with E-state index in [1.165, 1.54) is 11.3 Å². The molecule has 0 bridgehead atoms. The van der Waals surface area contributed by atoms with E-state index in [1.54, 1.807) is 0 Å². The summed E-state index contributed by atoms with van der Waals surface area (Å²) in [6, 6.07) is 7.89. The summed E-state index contributed by atoms with van der Waals surface area (Å²) in [4.78, 5) is 22.8. The first-order valence-corrected chi connectivity index (χ1v) is 8.46. The van der Waals surface area contributed by atoms with Crippen LogP contribution in [0, 0.1) is 20.8 Å². The number of carbonyl (C=O) groups is 1. The van der Waals surface area contributed by atoms with Gasteiger partial charge in [-0.05, 0) is 38.8 Å². The molecule has 0 unspecified atom stereocenters. The molecule has 23 heavy (non-hydrogen) atoms. The highest BCUT2D eigenvalue weighted by Gasteiger charge is 2.15. The summed E-state index contributed by atoms with van der Waals surface area (Å²) in [6.45, 7) is 7.98. The molecule has 1 aromatic carbocycles. The average Bonchev–Trinajstić information content (AvgIpc) is 2.87. The van der Waals surface area contributed by atoms with Crippen LogP contribution in [-0.4, -0.2) is 15.9 Å². The summed E-state index contributed by atoms with van der Waals surface area (Å²) in [5, 5.41) is 4.53. The van der Waals surface area contributed by atoms with Crippen molar-refractivity contribution in [2.45, 2.75) is 34.1 Å². The second-order valence-electron chi connectivity index (χ2n) is 5.60. The zero-order valence-corrected chi connectivity index (χ0v) is 14.5. The number of pyridine rings is 1. The smallest absolute Gasteiger partial charge is 0.259 e. The molecular weight excluding hydrogens is 306 g/mol. The van der Waals surface area contributed by atoms with Crippen LogP contribution in [0.25, 0.3) is 10.9 Å². The lowest BCUT2D eigenvalue weighted by atomic mass is 10.1. The normalized spacial score (nSPS) is 11.0. The summed E-state index contributed by atoms with van der Waals surface area (Å²) in [5.41, 5.74) is 4.41. The Kier molecular flexibility index (Phi) is 4.13. The van der Waals surface area contributed by atoms with E-state index in [2.05, 4.69) is 22.2 Å². The molecule has 0 aliphatic heterocycles. The topological polar surface area (TPSA) is 54.9 Å². The van der Waals surface area contributed by atoms with Crippen LogP contribution in [0.5, 0.6) is 0 Å².